The molecule has 39 heavy (non-hydrogen) atoms. The third-order valence-corrected chi connectivity index (χ3v) is 7.17. The maximum atomic E-state index is 13.9. The van der Waals surface area contributed by atoms with Crippen LogP contribution in [0, 0.1) is 13.8 Å². The number of para-hydroxylation sites is 2. The van der Waals surface area contributed by atoms with E-state index in [9.17, 15) is 4.79 Å². The maximum absolute atomic E-state index is 13.9. The largest absolute Gasteiger partial charge is 0.494 e. The summed E-state index contributed by atoms with van der Waals surface area (Å²) in [5.41, 5.74) is 6.44. The second-order valence-corrected chi connectivity index (χ2v) is 10.0. The molecule has 6 heteroatoms. The van der Waals surface area contributed by atoms with Gasteiger partial charge in [-0.3, -0.25) is 4.79 Å². The van der Waals surface area contributed by atoms with Gasteiger partial charge in [0.15, 0.2) is 5.82 Å². The van der Waals surface area contributed by atoms with Crippen molar-refractivity contribution in [2.75, 3.05) is 6.61 Å². The van der Waals surface area contributed by atoms with E-state index in [0.717, 1.165) is 44.6 Å². The number of fused-ring (bicyclic) bond motifs is 2. The van der Waals surface area contributed by atoms with E-state index in [1.165, 1.54) is 4.68 Å². The zero-order valence-corrected chi connectivity index (χ0v) is 23.2. The van der Waals surface area contributed by atoms with Gasteiger partial charge in [-0.1, -0.05) is 50.3 Å². The minimum Gasteiger partial charge on any atom is -0.494 e. The predicted octanol–water partition coefficient (Wildman–Crippen LogP) is 7.23. The Labute approximate surface area is 228 Å². The minimum absolute atomic E-state index is 0.210. The van der Waals surface area contributed by atoms with E-state index in [1.54, 1.807) is 12.3 Å². The van der Waals surface area contributed by atoms with Crippen LogP contribution in [0.1, 0.15) is 49.1 Å². The van der Waals surface area contributed by atoms with Crippen molar-refractivity contribution in [1.82, 2.24) is 14.2 Å². The van der Waals surface area contributed by atoms with E-state index >= 15 is 0 Å². The molecular formula is C33H34N4O2. The fourth-order valence-electron chi connectivity index (χ4n) is 5.18. The average Bonchev–Trinajstić information content (AvgIpc) is 3.19. The molecule has 0 saturated heterocycles. The summed E-state index contributed by atoms with van der Waals surface area (Å²) in [7, 11) is 0. The second kappa shape index (κ2) is 10.7. The first kappa shape index (κ1) is 26.2. The summed E-state index contributed by atoms with van der Waals surface area (Å²) in [6, 6.07) is 19.8. The molecule has 0 fully saturated rings. The normalized spacial score (nSPS) is 11.7. The van der Waals surface area contributed by atoms with Gasteiger partial charge in [0.2, 0.25) is 0 Å². The fraction of sp³-hybridized carbons (Fsp3) is 0.242. The molecule has 0 aliphatic heterocycles. The van der Waals surface area contributed by atoms with Crippen molar-refractivity contribution >= 4 is 28.0 Å². The zero-order chi connectivity index (χ0) is 27.7. The molecule has 3 aromatic carbocycles. The van der Waals surface area contributed by atoms with Crippen LogP contribution >= 0.6 is 0 Å². The van der Waals surface area contributed by atoms with Gasteiger partial charge in [-0.15, -0.1) is 6.58 Å². The van der Waals surface area contributed by atoms with Crippen LogP contribution in [0.3, 0.4) is 0 Å². The van der Waals surface area contributed by atoms with Crippen LogP contribution < -0.4 is 10.3 Å². The van der Waals surface area contributed by atoms with Gasteiger partial charge in [-0.25, -0.2) is 4.98 Å². The quantitative estimate of drug-likeness (QED) is 0.161. The van der Waals surface area contributed by atoms with E-state index in [-0.39, 0.29) is 11.5 Å². The Balaban J connectivity index is 1.77. The van der Waals surface area contributed by atoms with Crippen LogP contribution in [-0.4, -0.2) is 27.0 Å². The van der Waals surface area contributed by atoms with E-state index in [2.05, 4.69) is 50.1 Å². The van der Waals surface area contributed by atoms with Gasteiger partial charge in [-0.2, -0.15) is 9.78 Å². The fourth-order valence-corrected chi connectivity index (χ4v) is 5.18. The molecule has 0 amide bonds. The molecule has 0 unspecified atom stereocenters. The Bertz CT molecular complexity index is 1790. The predicted molar refractivity (Wildman–Crippen MR) is 161 cm³/mol. The van der Waals surface area contributed by atoms with Crippen LogP contribution in [-0.2, 0) is 6.54 Å². The Hall–Kier alpha value is -4.45. The first-order chi connectivity index (χ1) is 18.8. The number of allylic oxidation sites excluding steroid dienone is 1. The van der Waals surface area contributed by atoms with E-state index < -0.39 is 0 Å². The highest BCUT2D eigenvalue weighted by Crippen LogP contribution is 2.34. The van der Waals surface area contributed by atoms with Crippen molar-refractivity contribution in [2.24, 2.45) is 5.10 Å². The highest BCUT2D eigenvalue weighted by Gasteiger charge is 2.19. The lowest BCUT2D eigenvalue weighted by molar-refractivity contribution is 0.335. The number of nitrogens with zero attached hydrogens (tertiary/aromatic N) is 4. The Morgan fingerprint density at radius 1 is 1.05 bits per heavy atom. The molecule has 0 N–H and O–H groups in total. The smallest absolute Gasteiger partial charge is 0.282 e. The Kier molecular flexibility index (Phi) is 7.20. The van der Waals surface area contributed by atoms with Crippen molar-refractivity contribution in [3.8, 4) is 17.1 Å². The molecular weight excluding hydrogens is 484 g/mol. The lowest BCUT2D eigenvalue weighted by Crippen LogP contribution is -2.21. The van der Waals surface area contributed by atoms with Crippen molar-refractivity contribution < 1.29 is 4.74 Å². The molecule has 0 aliphatic rings. The average molecular weight is 519 g/mol. The third-order valence-electron chi connectivity index (χ3n) is 7.17. The number of hydrogen-bond donors (Lipinski definition) is 0. The zero-order valence-electron chi connectivity index (χ0n) is 23.2. The number of rotatable bonds is 8. The van der Waals surface area contributed by atoms with Gasteiger partial charge in [-0.05, 0) is 68.1 Å². The van der Waals surface area contributed by atoms with Gasteiger partial charge in [0.25, 0.3) is 5.56 Å². The summed E-state index contributed by atoms with van der Waals surface area (Å²) in [4.78, 5) is 18.8. The topological polar surface area (TPSA) is 61.4 Å². The number of aryl methyl sites for hydroxylation is 1. The molecule has 0 spiro atoms. The van der Waals surface area contributed by atoms with Gasteiger partial charge < -0.3 is 9.30 Å². The van der Waals surface area contributed by atoms with E-state index in [4.69, 9.17) is 14.8 Å². The molecule has 6 nitrogen and oxygen atoms in total. The van der Waals surface area contributed by atoms with Gasteiger partial charge in [0, 0.05) is 34.3 Å². The second-order valence-electron chi connectivity index (χ2n) is 10.0. The minimum atomic E-state index is -0.210. The Morgan fingerprint density at radius 2 is 1.77 bits per heavy atom. The molecule has 0 bridgehead atoms. The highest BCUT2D eigenvalue weighted by molar-refractivity contribution is 6.01. The van der Waals surface area contributed by atoms with Crippen LogP contribution in [0.15, 0.2) is 83.2 Å². The van der Waals surface area contributed by atoms with Gasteiger partial charge >= 0.3 is 0 Å². The summed E-state index contributed by atoms with van der Waals surface area (Å²) < 4.78 is 9.59. The number of ether oxygens (including phenoxy) is 1. The molecule has 0 radical (unpaired) electrons. The molecule has 2 aromatic heterocycles. The summed E-state index contributed by atoms with van der Waals surface area (Å²) in [5, 5.41) is 6.40. The van der Waals surface area contributed by atoms with Crippen LogP contribution in [0.2, 0.25) is 0 Å². The van der Waals surface area contributed by atoms with E-state index in [1.807, 2.05) is 56.3 Å². The van der Waals surface area contributed by atoms with Crippen molar-refractivity contribution in [3.05, 3.63) is 106 Å². The maximum Gasteiger partial charge on any atom is 0.282 e. The molecule has 0 atom stereocenters. The lowest BCUT2D eigenvalue weighted by atomic mass is 9.96. The monoisotopic (exact) mass is 518 g/mol. The Morgan fingerprint density at radius 3 is 2.49 bits per heavy atom. The van der Waals surface area contributed by atoms with Gasteiger partial charge in [0.1, 0.15) is 5.75 Å². The van der Waals surface area contributed by atoms with Crippen molar-refractivity contribution in [1.29, 1.82) is 0 Å². The lowest BCUT2D eigenvalue weighted by Gasteiger charge is -2.18. The number of benzene rings is 3. The molecule has 0 saturated carbocycles. The SMILES string of the molecule is C=CCn1c(C)c(C=Nn2c(-c3cc(C(C)C)c(OCC)cc3C)nc3ccccc3c2=O)c2ccccc21. The van der Waals surface area contributed by atoms with Crippen molar-refractivity contribution in [2.45, 2.75) is 47.1 Å². The first-order valence-corrected chi connectivity index (χ1v) is 13.4. The number of aromatic nitrogens is 3. The molecule has 5 rings (SSSR count). The van der Waals surface area contributed by atoms with Crippen molar-refractivity contribution in [3.63, 3.8) is 0 Å². The summed E-state index contributed by atoms with van der Waals surface area (Å²) in [5.74, 6) is 1.59. The standard InChI is InChI=1S/C33H34N4O2/c1-7-17-36-23(6)28(24-13-10-12-16-30(24)36)20-34-37-32(35-29-15-11-9-14-25(29)33(37)38)27-19-26(21(3)4)31(39-8-2)18-22(27)5/h7,9-16,18-21H,1,8,17H2,2-6H3. The summed E-state index contributed by atoms with van der Waals surface area (Å²) in [6.45, 7) is 15.5. The summed E-state index contributed by atoms with van der Waals surface area (Å²) >= 11 is 0. The molecule has 2 heterocycles. The van der Waals surface area contributed by atoms with Crippen LogP contribution in [0.4, 0.5) is 0 Å². The van der Waals surface area contributed by atoms with Gasteiger partial charge in [0.05, 0.1) is 23.7 Å². The first-order valence-electron chi connectivity index (χ1n) is 13.4. The van der Waals surface area contributed by atoms with Crippen LogP contribution in [0.5, 0.6) is 5.75 Å². The summed E-state index contributed by atoms with van der Waals surface area (Å²) in [6.07, 6.45) is 3.67. The van der Waals surface area contributed by atoms with Crippen LogP contribution in [0.25, 0.3) is 33.2 Å². The molecule has 5 aromatic rings. The molecule has 0 aliphatic carbocycles. The number of hydrogen-bond acceptors (Lipinski definition) is 4. The van der Waals surface area contributed by atoms with E-state index in [0.29, 0.717) is 29.9 Å². The third kappa shape index (κ3) is 4.67. The molecule has 198 valence electrons. The highest BCUT2D eigenvalue weighted by atomic mass is 16.5.